The number of unbranched alkanes of at least 4 members (excludes halogenated alkanes) is 7. The van der Waals surface area contributed by atoms with E-state index in [1.54, 1.807) is 0 Å². The van der Waals surface area contributed by atoms with E-state index in [0.717, 1.165) is 25.6 Å². The Kier molecular flexibility index (Phi) is 24.4. The molecule has 0 rings (SSSR count). The van der Waals surface area contributed by atoms with Crippen molar-refractivity contribution in [3.63, 3.8) is 0 Å². The Bertz CT molecular complexity index is 159. The van der Waals surface area contributed by atoms with Gasteiger partial charge in [0, 0.05) is 13.2 Å². The zero-order chi connectivity index (χ0) is 16.2. The van der Waals surface area contributed by atoms with E-state index in [0.29, 0.717) is 0 Å². The standard InChI is InChI=1S/C16H34O.C2H6O2/c1-4-14-17-15-12-10-8-6-5-7-9-11-13-16(2)3;3-1-2-4/h16H,4-15H2,1-3H3;3-4H,1-2H2. The van der Waals surface area contributed by atoms with Crippen molar-refractivity contribution in [2.45, 2.75) is 85.0 Å². The van der Waals surface area contributed by atoms with Crippen molar-refractivity contribution in [3.05, 3.63) is 0 Å². The van der Waals surface area contributed by atoms with Gasteiger partial charge in [-0.2, -0.15) is 0 Å². The molecule has 2 N–H and O–H groups in total. The van der Waals surface area contributed by atoms with Crippen LogP contribution < -0.4 is 0 Å². The SMILES string of the molecule is CCCOCCCCCCCCCCC(C)C.OCCO. The lowest BCUT2D eigenvalue weighted by Crippen LogP contribution is -1.95. The average molecular weight is 305 g/mol. The van der Waals surface area contributed by atoms with E-state index < -0.39 is 0 Å². The summed E-state index contributed by atoms with van der Waals surface area (Å²) in [5.74, 6) is 0.887. The molecule has 0 radical (unpaired) electrons. The largest absolute Gasteiger partial charge is 0.394 e. The molecule has 3 nitrogen and oxygen atoms in total. The predicted octanol–water partition coefficient (Wildman–Crippen LogP) is 4.55. The zero-order valence-electron chi connectivity index (χ0n) is 14.8. The summed E-state index contributed by atoms with van der Waals surface area (Å²) in [6, 6.07) is 0. The lowest BCUT2D eigenvalue weighted by molar-refractivity contribution is 0.130. The molecule has 0 aliphatic heterocycles. The summed E-state index contributed by atoms with van der Waals surface area (Å²) in [6.07, 6.45) is 13.8. The van der Waals surface area contributed by atoms with Crippen LogP contribution in [0.1, 0.15) is 85.0 Å². The minimum atomic E-state index is -0.125. The van der Waals surface area contributed by atoms with E-state index in [-0.39, 0.29) is 13.2 Å². The number of hydrogen-bond acceptors (Lipinski definition) is 3. The van der Waals surface area contributed by atoms with Gasteiger partial charge in [0.15, 0.2) is 0 Å². The number of aliphatic hydroxyl groups excluding tert-OH is 2. The molecular weight excluding hydrogens is 264 g/mol. The van der Waals surface area contributed by atoms with Crippen LogP contribution >= 0.6 is 0 Å². The minimum Gasteiger partial charge on any atom is -0.394 e. The van der Waals surface area contributed by atoms with Crippen molar-refractivity contribution >= 4 is 0 Å². The van der Waals surface area contributed by atoms with E-state index in [9.17, 15) is 0 Å². The third-order valence-corrected chi connectivity index (χ3v) is 3.27. The van der Waals surface area contributed by atoms with Crippen LogP contribution in [0.15, 0.2) is 0 Å². The van der Waals surface area contributed by atoms with Crippen molar-refractivity contribution in [1.29, 1.82) is 0 Å². The van der Waals surface area contributed by atoms with Gasteiger partial charge in [0.1, 0.15) is 0 Å². The highest BCUT2D eigenvalue weighted by Crippen LogP contribution is 2.12. The second kappa shape index (κ2) is 22.2. The molecule has 0 aliphatic carbocycles. The Morgan fingerprint density at radius 3 is 1.62 bits per heavy atom. The normalized spacial score (nSPS) is 10.6. The van der Waals surface area contributed by atoms with E-state index in [2.05, 4.69) is 20.8 Å². The van der Waals surface area contributed by atoms with Gasteiger partial charge in [0.25, 0.3) is 0 Å². The van der Waals surface area contributed by atoms with Gasteiger partial charge in [-0.05, 0) is 18.8 Å². The van der Waals surface area contributed by atoms with E-state index >= 15 is 0 Å². The summed E-state index contributed by atoms with van der Waals surface area (Å²) >= 11 is 0. The third kappa shape index (κ3) is 28.7. The fraction of sp³-hybridized carbons (Fsp3) is 1.00. The Morgan fingerprint density at radius 1 is 0.714 bits per heavy atom. The highest BCUT2D eigenvalue weighted by molar-refractivity contribution is 4.49. The van der Waals surface area contributed by atoms with Crippen LogP contribution in [-0.2, 0) is 4.74 Å². The fourth-order valence-corrected chi connectivity index (χ4v) is 2.06. The van der Waals surface area contributed by atoms with E-state index in [1.807, 2.05) is 0 Å². The van der Waals surface area contributed by atoms with Crippen LogP contribution in [-0.4, -0.2) is 36.6 Å². The van der Waals surface area contributed by atoms with Crippen LogP contribution in [0.2, 0.25) is 0 Å². The molecule has 21 heavy (non-hydrogen) atoms. The Morgan fingerprint density at radius 2 is 1.19 bits per heavy atom. The molecule has 0 unspecified atom stereocenters. The molecule has 0 amide bonds. The topological polar surface area (TPSA) is 49.7 Å². The molecule has 0 bridgehead atoms. The molecule has 0 aromatic rings. The summed E-state index contributed by atoms with van der Waals surface area (Å²) in [6.45, 7) is 8.47. The Labute approximate surface area is 133 Å². The number of hydrogen-bond donors (Lipinski definition) is 2. The molecule has 0 aliphatic rings. The van der Waals surface area contributed by atoms with Gasteiger partial charge in [-0.3, -0.25) is 0 Å². The molecule has 0 atom stereocenters. The molecule has 0 aromatic carbocycles. The first-order valence-electron chi connectivity index (χ1n) is 8.98. The van der Waals surface area contributed by atoms with Gasteiger partial charge in [-0.1, -0.05) is 72.1 Å². The fourth-order valence-electron chi connectivity index (χ4n) is 2.06. The first-order valence-corrected chi connectivity index (χ1v) is 8.98. The summed E-state index contributed by atoms with van der Waals surface area (Å²) < 4.78 is 5.46. The second-order valence-electron chi connectivity index (χ2n) is 6.07. The molecule has 0 saturated heterocycles. The summed E-state index contributed by atoms with van der Waals surface area (Å²) in [5, 5.41) is 15.2. The van der Waals surface area contributed by atoms with E-state index in [1.165, 1.54) is 57.8 Å². The van der Waals surface area contributed by atoms with Gasteiger partial charge in [-0.15, -0.1) is 0 Å². The highest BCUT2D eigenvalue weighted by Gasteiger charge is 1.95. The van der Waals surface area contributed by atoms with Gasteiger partial charge >= 0.3 is 0 Å². The molecular formula is C18H40O3. The molecule has 3 heteroatoms. The third-order valence-electron chi connectivity index (χ3n) is 3.27. The van der Waals surface area contributed by atoms with Crippen LogP contribution in [0.5, 0.6) is 0 Å². The molecule has 0 spiro atoms. The lowest BCUT2D eigenvalue weighted by Gasteiger charge is -2.05. The zero-order valence-corrected chi connectivity index (χ0v) is 14.8. The van der Waals surface area contributed by atoms with Gasteiger partial charge in [0.05, 0.1) is 13.2 Å². The maximum absolute atomic E-state index is 7.62. The lowest BCUT2D eigenvalue weighted by atomic mass is 10.0. The molecule has 0 heterocycles. The quantitative estimate of drug-likeness (QED) is 0.463. The van der Waals surface area contributed by atoms with Gasteiger partial charge < -0.3 is 14.9 Å². The van der Waals surface area contributed by atoms with Crippen molar-refractivity contribution in [1.82, 2.24) is 0 Å². The van der Waals surface area contributed by atoms with E-state index in [4.69, 9.17) is 14.9 Å². The highest BCUT2D eigenvalue weighted by atomic mass is 16.5. The minimum absolute atomic E-state index is 0.125. The van der Waals surface area contributed by atoms with Crippen LogP contribution in [0.3, 0.4) is 0 Å². The smallest absolute Gasteiger partial charge is 0.0662 e. The number of aliphatic hydroxyl groups is 2. The molecule has 0 aromatic heterocycles. The molecule has 0 saturated carbocycles. The summed E-state index contributed by atoms with van der Waals surface area (Å²) in [7, 11) is 0. The Hall–Kier alpha value is -0.120. The van der Waals surface area contributed by atoms with Crippen molar-refractivity contribution in [2.24, 2.45) is 5.92 Å². The van der Waals surface area contributed by atoms with Crippen molar-refractivity contribution in [2.75, 3.05) is 26.4 Å². The van der Waals surface area contributed by atoms with Crippen LogP contribution in [0.4, 0.5) is 0 Å². The molecule has 0 fully saturated rings. The van der Waals surface area contributed by atoms with Crippen molar-refractivity contribution < 1.29 is 14.9 Å². The molecule has 130 valence electrons. The number of rotatable bonds is 14. The maximum Gasteiger partial charge on any atom is 0.0662 e. The monoisotopic (exact) mass is 304 g/mol. The maximum atomic E-state index is 7.62. The summed E-state index contributed by atoms with van der Waals surface area (Å²) in [5.41, 5.74) is 0. The first-order chi connectivity index (χ1) is 10.2. The van der Waals surface area contributed by atoms with Gasteiger partial charge in [0.2, 0.25) is 0 Å². The number of ether oxygens (including phenoxy) is 1. The predicted molar refractivity (Wildman–Crippen MR) is 91.7 cm³/mol. The summed E-state index contributed by atoms with van der Waals surface area (Å²) in [4.78, 5) is 0. The Balaban J connectivity index is 0. The van der Waals surface area contributed by atoms with Crippen LogP contribution in [0, 0.1) is 5.92 Å². The first kappa shape index (κ1) is 23.2. The van der Waals surface area contributed by atoms with Gasteiger partial charge in [-0.25, -0.2) is 0 Å². The van der Waals surface area contributed by atoms with Crippen LogP contribution in [0.25, 0.3) is 0 Å². The average Bonchev–Trinajstić information content (AvgIpc) is 2.48. The van der Waals surface area contributed by atoms with Crippen molar-refractivity contribution in [3.8, 4) is 0 Å². The second-order valence-corrected chi connectivity index (χ2v) is 6.07.